The number of carbonyl (C=O) groups is 1. The molecule has 2 rings (SSSR count). The van der Waals surface area contributed by atoms with Crippen LogP contribution in [0.5, 0.6) is 11.5 Å². The van der Waals surface area contributed by atoms with E-state index < -0.39 is 6.10 Å². The standard InChI is InChI=1S/C11H13NO4/c1-12(14-2)11(13)10-7-15-8-5-3-4-6-9(8)16-10/h3-6,10H,7H2,1-2H3/t10-/m0/s1. The zero-order valence-corrected chi connectivity index (χ0v) is 9.17. The highest BCUT2D eigenvalue weighted by Gasteiger charge is 2.29. The van der Waals surface area contributed by atoms with E-state index in [1.54, 1.807) is 12.1 Å². The van der Waals surface area contributed by atoms with Crippen molar-refractivity contribution >= 4 is 5.91 Å². The maximum absolute atomic E-state index is 11.7. The third-order valence-electron chi connectivity index (χ3n) is 2.37. The van der Waals surface area contributed by atoms with Crippen LogP contribution >= 0.6 is 0 Å². The molecule has 1 aromatic carbocycles. The van der Waals surface area contributed by atoms with Crippen molar-refractivity contribution in [1.82, 2.24) is 5.06 Å². The predicted octanol–water partition coefficient (Wildman–Crippen LogP) is 0.846. The highest BCUT2D eigenvalue weighted by molar-refractivity contribution is 5.80. The van der Waals surface area contributed by atoms with E-state index in [2.05, 4.69) is 0 Å². The molecule has 1 amide bonds. The van der Waals surface area contributed by atoms with Crippen LogP contribution in [-0.2, 0) is 9.63 Å². The number of fused-ring (bicyclic) bond motifs is 1. The van der Waals surface area contributed by atoms with E-state index >= 15 is 0 Å². The second-order valence-electron chi connectivity index (χ2n) is 3.38. The molecule has 1 aliphatic heterocycles. The van der Waals surface area contributed by atoms with Gasteiger partial charge in [0.25, 0.3) is 5.91 Å². The lowest BCUT2D eigenvalue weighted by molar-refractivity contribution is -0.178. The zero-order valence-electron chi connectivity index (χ0n) is 9.17. The van der Waals surface area contributed by atoms with Gasteiger partial charge in [-0.1, -0.05) is 12.1 Å². The number of nitrogens with zero attached hydrogens (tertiary/aromatic N) is 1. The summed E-state index contributed by atoms with van der Waals surface area (Å²) < 4.78 is 10.9. The van der Waals surface area contributed by atoms with Crippen LogP contribution in [0.25, 0.3) is 0 Å². The van der Waals surface area contributed by atoms with E-state index in [0.29, 0.717) is 11.5 Å². The van der Waals surface area contributed by atoms with E-state index in [1.165, 1.54) is 14.2 Å². The largest absolute Gasteiger partial charge is 0.485 e. The van der Waals surface area contributed by atoms with Gasteiger partial charge in [-0.15, -0.1) is 0 Å². The Bertz CT molecular complexity index is 393. The molecule has 1 atom stereocenters. The molecule has 0 unspecified atom stereocenters. The number of rotatable bonds is 2. The van der Waals surface area contributed by atoms with Gasteiger partial charge in [0.15, 0.2) is 11.5 Å². The average molecular weight is 223 g/mol. The van der Waals surface area contributed by atoms with E-state index in [0.717, 1.165) is 5.06 Å². The monoisotopic (exact) mass is 223 g/mol. The van der Waals surface area contributed by atoms with E-state index in [4.69, 9.17) is 14.3 Å². The van der Waals surface area contributed by atoms with Crippen LogP contribution in [0.1, 0.15) is 0 Å². The fourth-order valence-corrected chi connectivity index (χ4v) is 1.43. The molecule has 0 saturated heterocycles. The first kappa shape index (κ1) is 10.8. The molecule has 0 aliphatic carbocycles. The number of benzene rings is 1. The molecule has 1 aromatic rings. The van der Waals surface area contributed by atoms with Gasteiger partial charge in [-0.3, -0.25) is 9.63 Å². The van der Waals surface area contributed by atoms with Gasteiger partial charge in [0.05, 0.1) is 7.11 Å². The molecule has 5 heteroatoms. The average Bonchev–Trinajstić information content (AvgIpc) is 2.36. The maximum Gasteiger partial charge on any atom is 0.290 e. The molecule has 0 radical (unpaired) electrons. The summed E-state index contributed by atoms with van der Waals surface area (Å²) in [6.07, 6.45) is -0.653. The summed E-state index contributed by atoms with van der Waals surface area (Å²) in [7, 11) is 2.96. The van der Waals surface area contributed by atoms with Crippen LogP contribution in [0.3, 0.4) is 0 Å². The third kappa shape index (κ3) is 1.94. The first-order valence-corrected chi connectivity index (χ1v) is 4.92. The van der Waals surface area contributed by atoms with Crippen LogP contribution in [-0.4, -0.2) is 37.8 Å². The van der Waals surface area contributed by atoms with Crippen molar-refractivity contribution in [3.05, 3.63) is 24.3 Å². The number of ether oxygens (including phenoxy) is 2. The number of likely N-dealkylation sites (N-methyl/N-ethyl adjacent to an activating group) is 1. The molecule has 1 heterocycles. The van der Waals surface area contributed by atoms with Gasteiger partial charge in [-0.05, 0) is 12.1 Å². The molecule has 0 bridgehead atoms. The SMILES string of the molecule is CON(C)C(=O)[C@@H]1COc2ccccc2O1. The summed E-state index contributed by atoms with van der Waals surface area (Å²) in [6, 6.07) is 7.25. The van der Waals surface area contributed by atoms with E-state index in [-0.39, 0.29) is 12.5 Å². The Labute approximate surface area is 93.5 Å². The molecule has 0 saturated carbocycles. The Balaban J connectivity index is 2.11. The lowest BCUT2D eigenvalue weighted by Gasteiger charge is -2.27. The number of amides is 1. The summed E-state index contributed by atoms with van der Waals surface area (Å²) in [5.41, 5.74) is 0. The van der Waals surface area contributed by atoms with Crippen LogP contribution in [0.15, 0.2) is 24.3 Å². The van der Waals surface area contributed by atoms with Gasteiger partial charge in [0.1, 0.15) is 6.61 Å². The minimum absolute atomic E-state index is 0.198. The summed E-state index contributed by atoms with van der Waals surface area (Å²) in [5, 5.41) is 1.13. The number of carbonyl (C=O) groups excluding carboxylic acids is 1. The summed E-state index contributed by atoms with van der Waals surface area (Å²) in [5.74, 6) is 0.972. The lowest BCUT2D eigenvalue weighted by atomic mass is 10.2. The molecule has 5 nitrogen and oxygen atoms in total. The lowest BCUT2D eigenvalue weighted by Crippen LogP contribution is -2.44. The fourth-order valence-electron chi connectivity index (χ4n) is 1.43. The summed E-state index contributed by atoms with van der Waals surface area (Å²) in [6.45, 7) is 0.198. The Morgan fingerprint density at radius 1 is 1.44 bits per heavy atom. The van der Waals surface area contributed by atoms with Crippen molar-refractivity contribution in [2.75, 3.05) is 20.8 Å². The maximum atomic E-state index is 11.7. The van der Waals surface area contributed by atoms with Gasteiger partial charge in [-0.25, -0.2) is 5.06 Å². The molecule has 0 spiro atoms. The predicted molar refractivity (Wildman–Crippen MR) is 56.1 cm³/mol. The number of hydroxylamine groups is 2. The number of hydrogen-bond donors (Lipinski definition) is 0. The molecular weight excluding hydrogens is 210 g/mol. The van der Waals surface area contributed by atoms with Gasteiger partial charge in [-0.2, -0.15) is 0 Å². The molecule has 16 heavy (non-hydrogen) atoms. The minimum Gasteiger partial charge on any atom is -0.485 e. The molecule has 0 fully saturated rings. The molecule has 0 N–H and O–H groups in total. The molecule has 1 aliphatic rings. The van der Waals surface area contributed by atoms with Crippen molar-refractivity contribution in [1.29, 1.82) is 0 Å². The van der Waals surface area contributed by atoms with E-state index in [9.17, 15) is 4.79 Å². The summed E-state index contributed by atoms with van der Waals surface area (Å²) in [4.78, 5) is 16.5. The van der Waals surface area contributed by atoms with Crippen LogP contribution in [0.4, 0.5) is 0 Å². The highest BCUT2D eigenvalue weighted by Crippen LogP contribution is 2.31. The van der Waals surface area contributed by atoms with Gasteiger partial charge in [0.2, 0.25) is 6.10 Å². The smallest absolute Gasteiger partial charge is 0.290 e. The Kier molecular flexibility index (Phi) is 2.96. The Morgan fingerprint density at radius 3 is 2.81 bits per heavy atom. The second kappa shape index (κ2) is 4.40. The quantitative estimate of drug-likeness (QED) is 0.697. The molecule has 0 aromatic heterocycles. The Morgan fingerprint density at radius 2 is 2.12 bits per heavy atom. The zero-order chi connectivity index (χ0) is 11.5. The normalized spacial score (nSPS) is 18.0. The number of hydrogen-bond acceptors (Lipinski definition) is 4. The second-order valence-corrected chi connectivity index (χ2v) is 3.38. The van der Waals surface area contributed by atoms with Crippen molar-refractivity contribution in [3.63, 3.8) is 0 Å². The minimum atomic E-state index is -0.653. The fraction of sp³-hybridized carbons (Fsp3) is 0.364. The molecular formula is C11H13NO4. The van der Waals surface area contributed by atoms with Crippen molar-refractivity contribution < 1.29 is 19.1 Å². The third-order valence-corrected chi connectivity index (χ3v) is 2.37. The topological polar surface area (TPSA) is 48.0 Å². The first-order valence-electron chi connectivity index (χ1n) is 4.92. The van der Waals surface area contributed by atoms with Crippen molar-refractivity contribution in [2.24, 2.45) is 0 Å². The van der Waals surface area contributed by atoms with Crippen LogP contribution < -0.4 is 9.47 Å². The van der Waals surface area contributed by atoms with Crippen LogP contribution in [0, 0.1) is 0 Å². The van der Waals surface area contributed by atoms with Crippen molar-refractivity contribution in [2.45, 2.75) is 6.10 Å². The first-order chi connectivity index (χ1) is 7.72. The summed E-state index contributed by atoms with van der Waals surface area (Å²) >= 11 is 0. The highest BCUT2D eigenvalue weighted by atomic mass is 16.7. The molecule has 86 valence electrons. The van der Waals surface area contributed by atoms with Crippen LogP contribution in [0.2, 0.25) is 0 Å². The Hall–Kier alpha value is -1.75. The van der Waals surface area contributed by atoms with E-state index in [1.807, 2.05) is 12.1 Å². The number of para-hydroxylation sites is 2. The van der Waals surface area contributed by atoms with Gasteiger partial charge < -0.3 is 9.47 Å². The van der Waals surface area contributed by atoms with Gasteiger partial charge >= 0.3 is 0 Å². The van der Waals surface area contributed by atoms with Crippen molar-refractivity contribution in [3.8, 4) is 11.5 Å². The van der Waals surface area contributed by atoms with Gasteiger partial charge in [0, 0.05) is 7.05 Å².